The summed E-state index contributed by atoms with van der Waals surface area (Å²) in [5.41, 5.74) is 2.59. The van der Waals surface area contributed by atoms with Crippen LogP contribution in [0, 0.1) is 0 Å². The molecule has 0 spiro atoms. The van der Waals surface area contributed by atoms with Crippen LogP contribution in [0.1, 0.15) is 17.2 Å². The van der Waals surface area contributed by atoms with Crippen LogP contribution in [0.5, 0.6) is 0 Å². The molecule has 0 amide bonds. The summed E-state index contributed by atoms with van der Waals surface area (Å²) in [5, 5.41) is 12.7. The topological polar surface area (TPSA) is 33.1 Å². The molecule has 21 heavy (non-hydrogen) atoms. The molecule has 0 aliphatic carbocycles. The second-order valence-corrected chi connectivity index (χ2v) is 5.75. The van der Waals surface area contributed by atoms with Gasteiger partial charge < -0.3 is 5.11 Å². The molecule has 0 saturated heterocycles. The number of rotatable bonds is 3. The third-order valence-electron chi connectivity index (χ3n) is 3.43. The van der Waals surface area contributed by atoms with Crippen molar-refractivity contribution in [1.82, 2.24) is 4.98 Å². The first-order valence-electron chi connectivity index (χ1n) is 6.60. The molecular formula is C17H13Cl2NO. The molecule has 0 saturated carbocycles. The molecule has 0 aliphatic heterocycles. The van der Waals surface area contributed by atoms with E-state index in [1.165, 1.54) is 0 Å². The molecule has 4 heteroatoms. The largest absolute Gasteiger partial charge is 0.388 e. The minimum atomic E-state index is -0.634. The van der Waals surface area contributed by atoms with Gasteiger partial charge in [0, 0.05) is 28.0 Å². The number of halogens is 2. The van der Waals surface area contributed by atoms with Gasteiger partial charge in [-0.2, -0.15) is 0 Å². The smallest absolute Gasteiger partial charge is 0.0831 e. The van der Waals surface area contributed by atoms with Gasteiger partial charge in [0.2, 0.25) is 0 Å². The zero-order chi connectivity index (χ0) is 14.8. The van der Waals surface area contributed by atoms with E-state index in [0.717, 1.165) is 22.0 Å². The minimum absolute atomic E-state index is 0.422. The van der Waals surface area contributed by atoms with Gasteiger partial charge in [0.1, 0.15) is 0 Å². The average molecular weight is 318 g/mol. The maximum absolute atomic E-state index is 10.4. The molecule has 3 rings (SSSR count). The van der Waals surface area contributed by atoms with Crippen LogP contribution in [-0.4, -0.2) is 10.1 Å². The fraction of sp³-hybridized carbons (Fsp3) is 0.118. The van der Waals surface area contributed by atoms with Gasteiger partial charge in [0.05, 0.1) is 11.6 Å². The molecule has 2 nitrogen and oxygen atoms in total. The van der Waals surface area contributed by atoms with E-state index < -0.39 is 6.10 Å². The number of hydrogen-bond donors (Lipinski definition) is 1. The second kappa shape index (κ2) is 6.02. The highest BCUT2D eigenvalue weighted by molar-refractivity contribution is 6.33. The van der Waals surface area contributed by atoms with Crippen molar-refractivity contribution in [1.29, 1.82) is 0 Å². The van der Waals surface area contributed by atoms with Gasteiger partial charge in [-0.05, 0) is 47.5 Å². The lowest BCUT2D eigenvalue weighted by atomic mass is 10.00. The number of nitrogens with zero attached hydrogens (tertiary/aromatic N) is 1. The third-order valence-corrected chi connectivity index (χ3v) is 4.04. The lowest BCUT2D eigenvalue weighted by Gasteiger charge is -2.13. The standard InChI is InChI=1S/C17H13Cl2NO/c18-14-4-5-15(19)13(9-14)10-17(21)12-3-6-16-11(8-12)2-1-7-20-16/h1-9,17,21H,10H2. The Balaban J connectivity index is 1.89. The van der Waals surface area contributed by atoms with Crippen molar-refractivity contribution >= 4 is 34.1 Å². The van der Waals surface area contributed by atoms with Gasteiger partial charge in [-0.15, -0.1) is 0 Å². The number of pyridine rings is 1. The van der Waals surface area contributed by atoms with Gasteiger partial charge >= 0.3 is 0 Å². The molecule has 1 heterocycles. The van der Waals surface area contributed by atoms with Crippen LogP contribution in [-0.2, 0) is 6.42 Å². The van der Waals surface area contributed by atoms with Crippen molar-refractivity contribution in [2.45, 2.75) is 12.5 Å². The van der Waals surface area contributed by atoms with E-state index in [-0.39, 0.29) is 0 Å². The van der Waals surface area contributed by atoms with Crippen LogP contribution in [0.3, 0.4) is 0 Å². The van der Waals surface area contributed by atoms with E-state index in [9.17, 15) is 5.11 Å². The first kappa shape index (κ1) is 14.3. The Labute approximate surface area is 133 Å². The lowest BCUT2D eigenvalue weighted by molar-refractivity contribution is 0.178. The van der Waals surface area contributed by atoms with E-state index >= 15 is 0 Å². The molecule has 1 atom stereocenters. The van der Waals surface area contributed by atoms with Gasteiger partial charge in [0.15, 0.2) is 0 Å². The highest BCUT2D eigenvalue weighted by Gasteiger charge is 2.12. The van der Waals surface area contributed by atoms with Gasteiger partial charge in [0.25, 0.3) is 0 Å². The number of fused-ring (bicyclic) bond motifs is 1. The SMILES string of the molecule is OC(Cc1cc(Cl)ccc1Cl)c1ccc2ncccc2c1. The number of benzene rings is 2. The molecule has 3 aromatic rings. The summed E-state index contributed by atoms with van der Waals surface area (Å²) in [6.45, 7) is 0. The predicted octanol–water partition coefficient (Wildman–Crippen LogP) is 4.82. The van der Waals surface area contributed by atoms with Crippen molar-refractivity contribution in [2.24, 2.45) is 0 Å². The van der Waals surface area contributed by atoms with Gasteiger partial charge in [-0.25, -0.2) is 0 Å². The Kier molecular flexibility index (Phi) is 4.11. The van der Waals surface area contributed by atoms with E-state index in [0.29, 0.717) is 16.5 Å². The number of aliphatic hydroxyl groups is 1. The summed E-state index contributed by atoms with van der Waals surface area (Å²) in [4.78, 5) is 4.27. The summed E-state index contributed by atoms with van der Waals surface area (Å²) in [6.07, 6.45) is 1.54. The van der Waals surface area contributed by atoms with Crippen LogP contribution in [0.15, 0.2) is 54.7 Å². The molecule has 0 radical (unpaired) electrons. The van der Waals surface area contributed by atoms with E-state index in [1.807, 2.05) is 30.3 Å². The van der Waals surface area contributed by atoms with Crippen molar-refractivity contribution in [3.8, 4) is 0 Å². The van der Waals surface area contributed by atoms with Crippen LogP contribution in [0.2, 0.25) is 10.0 Å². The first-order chi connectivity index (χ1) is 10.1. The fourth-order valence-electron chi connectivity index (χ4n) is 2.33. The summed E-state index contributed by atoms with van der Waals surface area (Å²) < 4.78 is 0. The molecule has 0 fully saturated rings. The Hall–Kier alpha value is -1.61. The number of aromatic nitrogens is 1. The number of aliphatic hydroxyl groups excluding tert-OH is 1. The lowest BCUT2D eigenvalue weighted by Crippen LogP contribution is -2.02. The van der Waals surface area contributed by atoms with Crippen molar-refractivity contribution in [3.63, 3.8) is 0 Å². The van der Waals surface area contributed by atoms with Crippen molar-refractivity contribution in [2.75, 3.05) is 0 Å². The van der Waals surface area contributed by atoms with Crippen LogP contribution in [0.4, 0.5) is 0 Å². The quantitative estimate of drug-likeness (QED) is 0.751. The minimum Gasteiger partial charge on any atom is -0.388 e. The Morgan fingerprint density at radius 3 is 2.76 bits per heavy atom. The molecule has 2 aromatic carbocycles. The molecule has 0 bridgehead atoms. The maximum atomic E-state index is 10.4. The van der Waals surface area contributed by atoms with Gasteiger partial charge in [-0.1, -0.05) is 35.3 Å². The van der Waals surface area contributed by atoms with E-state index in [2.05, 4.69) is 4.98 Å². The Morgan fingerprint density at radius 1 is 1.05 bits per heavy atom. The van der Waals surface area contributed by atoms with E-state index in [4.69, 9.17) is 23.2 Å². The monoisotopic (exact) mass is 317 g/mol. The average Bonchev–Trinajstić information content (AvgIpc) is 2.50. The molecular weight excluding hydrogens is 305 g/mol. The summed E-state index contributed by atoms with van der Waals surface area (Å²) in [7, 11) is 0. The van der Waals surface area contributed by atoms with Crippen LogP contribution in [0.25, 0.3) is 10.9 Å². The van der Waals surface area contributed by atoms with Crippen molar-refractivity contribution in [3.05, 3.63) is 75.9 Å². The maximum Gasteiger partial charge on any atom is 0.0831 e. The van der Waals surface area contributed by atoms with E-state index in [1.54, 1.807) is 24.4 Å². The Bertz CT molecular complexity index is 789. The first-order valence-corrected chi connectivity index (χ1v) is 7.36. The molecule has 1 unspecified atom stereocenters. The molecule has 0 aliphatic rings. The Morgan fingerprint density at radius 2 is 1.90 bits per heavy atom. The predicted molar refractivity (Wildman–Crippen MR) is 86.9 cm³/mol. The molecule has 106 valence electrons. The van der Waals surface area contributed by atoms with Gasteiger partial charge in [-0.3, -0.25) is 4.98 Å². The third kappa shape index (κ3) is 3.18. The zero-order valence-corrected chi connectivity index (χ0v) is 12.6. The number of hydrogen-bond acceptors (Lipinski definition) is 2. The zero-order valence-electron chi connectivity index (χ0n) is 11.1. The molecule has 1 aromatic heterocycles. The highest BCUT2D eigenvalue weighted by atomic mass is 35.5. The fourth-order valence-corrected chi connectivity index (χ4v) is 2.72. The normalized spacial score (nSPS) is 12.5. The van der Waals surface area contributed by atoms with Crippen molar-refractivity contribution < 1.29 is 5.11 Å². The molecule has 1 N–H and O–H groups in total. The second-order valence-electron chi connectivity index (χ2n) is 4.91. The summed E-state index contributed by atoms with van der Waals surface area (Å²) in [5.74, 6) is 0. The summed E-state index contributed by atoms with van der Waals surface area (Å²) in [6, 6.07) is 14.9. The highest BCUT2D eigenvalue weighted by Crippen LogP contribution is 2.27. The summed E-state index contributed by atoms with van der Waals surface area (Å²) >= 11 is 12.1. The van der Waals surface area contributed by atoms with Crippen LogP contribution < -0.4 is 0 Å². The van der Waals surface area contributed by atoms with Crippen LogP contribution >= 0.6 is 23.2 Å².